The van der Waals surface area contributed by atoms with Gasteiger partial charge in [0, 0.05) is 36.1 Å². The number of halogens is 1. The molecule has 1 aromatic carbocycles. The summed E-state index contributed by atoms with van der Waals surface area (Å²) in [5.74, 6) is 0.561. The molecule has 0 radical (unpaired) electrons. The van der Waals surface area contributed by atoms with Crippen LogP contribution in [0.15, 0.2) is 34.2 Å². The number of hydrogen-bond donors (Lipinski definition) is 1. The number of amidine groups is 1. The second-order valence-corrected chi connectivity index (χ2v) is 8.88. The Hall–Kier alpha value is -1.86. The van der Waals surface area contributed by atoms with E-state index in [1.807, 2.05) is 11.8 Å². The van der Waals surface area contributed by atoms with Gasteiger partial charge in [0.2, 0.25) is 5.91 Å². The zero-order valence-electron chi connectivity index (χ0n) is 15.5. The third kappa shape index (κ3) is 4.19. The predicted molar refractivity (Wildman–Crippen MR) is 108 cm³/mol. The number of nitrogens with zero attached hydrogens (tertiary/aromatic N) is 2. The molecule has 0 atom stereocenters. The molecule has 3 rings (SSSR count). The zero-order chi connectivity index (χ0) is 19.6. The highest BCUT2D eigenvalue weighted by molar-refractivity contribution is 8.00. The molecule has 2 heterocycles. The van der Waals surface area contributed by atoms with Gasteiger partial charge in [0.1, 0.15) is 10.7 Å². The second kappa shape index (κ2) is 8.02. The molecule has 1 saturated heterocycles. The molecule has 1 N–H and O–H groups in total. The number of rotatable bonds is 4. The Kier molecular flexibility index (Phi) is 5.91. The molecule has 2 aliphatic heterocycles. The highest BCUT2D eigenvalue weighted by atomic mass is 35.5. The summed E-state index contributed by atoms with van der Waals surface area (Å²) in [4.78, 5) is 14.3. The lowest BCUT2D eigenvalue weighted by Crippen LogP contribution is -2.43. The standard InChI is InChI=1S/C19H24ClN3O3S/c1-3-10-21-19(24)15-8-11-23(12-9-15)18-13(2)17(27(25,26)22-18)14-4-6-16(20)7-5-14/h4-7,15H,3,8-12H2,1-2H3,(H,21,24). The van der Waals surface area contributed by atoms with E-state index in [9.17, 15) is 13.2 Å². The van der Waals surface area contributed by atoms with Gasteiger partial charge in [-0.15, -0.1) is 4.40 Å². The van der Waals surface area contributed by atoms with Crippen molar-refractivity contribution in [2.45, 2.75) is 33.1 Å². The maximum absolute atomic E-state index is 12.6. The number of carbonyl (C=O) groups excluding carboxylic acids is 1. The minimum atomic E-state index is -3.74. The van der Waals surface area contributed by atoms with Crippen LogP contribution in [-0.2, 0) is 14.8 Å². The molecule has 0 bridgehead atoms. The zero-order valence-corrected chi connectivity index (χ0v) is 17.1. The molecule has 0 unspecified atom stereocenters. The van der Waals surface area contributed by atoms with E-state index in [4.69, 9.17) is 11.6 Å². The van der Waals surface area contributed by atoms with Crippen molar-refractivity contribution in [2.75, 3.05) is 19.6 Å². The second-order valence-electron chi connectivity index (χ2n) is 6.90. The minimum absolute atomic E-state index is 0.0218. The molecule has 0 spiro atoms. The molecule has 27 heavy (non-hydrogen) atoms. The van der Waals surface area contributed by atoms with Gasteiger partial charge >= 0.3 is 0 Å². The molecule has 2 aliphatic rings. The molecule has 1 fully saturated rings. The first kappa shape index (κ1) is 19.9. The lowest BCUT2D eigenvalue weighted by Gasteiger charge is -2.32. The Bertz CT molecular complexity index is 883. The number of benzene rings is 1. The third-order valence-corrected chi connectivity index (χ3v) is 6.68. The van der Waals surface area contributed by atoms with E-state index in [0.717, 1.165) is 6.42 Å². The fraction of sp³-hybridized carbons (Fsp3) is 0.474. The summed E-state index contributed by atoms with van der Waals surface area (Å²) in [6, 6.07) is 6.74. The van der Waals surface area contributed by atoms with Crippen LogP contribution in [0.5, 0.6) is 0 Å². The van der Waals surface area contributed by atoms with E-state index >= 15 is 0 Å². The van der Waals surface area contributed by atoms with Gasteiger partial charge in [0.05, 0.1) is 0 Å². The van der Waals surface area contributed by atoms with Gasteiger partial charge < -0.3 is 10.2 Å². The smallest absolute Gasteiger partial charge is 0.285 e. The van der Waals surface area contributed by atoms with Crippen LogP contribution in [0.25, 0.3) is 4.91 Å². The molecule has 0 aromatic heterocycles. The lowest BCUT2D eigenvalue weighted by molar-refractivity contribution is -0.126. The Morgan fingerprint density at radius 3 is 2.48 bits per heavy atom. The molecule has 8 heteroatoms. The van der Waals surface area contributed by atoms with Gasteiger partial charge in [-0.05, 0) is 43.9 Å². The van der Waals surface area contributed by atoms with Crippen LogP contribution in [0, 0.1) is 5.92 Å². The van der Waals surface area contributed by atoms with E-state index in [0.29, 0.717) is 54.5 Å². The van der Waals surface area contributed by atoms with E-state index in [-0.39, 0.29) is 16.7 Å². The van der Waals surface area contributed by atoms with Crippen molar-refractivity contribution in [1.29, 1.82) is 0 Å². The van der Waals surface area contributed by atoms with Crippen molar-refractivity contribution in [1.82, 2.24) is 10.2 Å². The third-order valence-electron chi connectivity index (χ3n) is 4.96. The first-order valence-corrected chi connectivity index (χ1v) is 11.0. The van der Waals surface area contributed by atoms with Gasteiger partial charge in [-0.1, -0.05) is 30.7 Å². The van der Waals surface area contributed by atoms with Crippen LogP contribution in [0.1, 0.15) is 38.7 Å². The number of amides is 1. The van der Waals surface area contributed by atoms with Crippen molar-refractivity contribution in [3.63, 3.8) is 0 Å². The molecule has 146 valence electrons. The van der Waals surface area contributed by atoms with Gasteiger partial charge in [-0.2, -0.15) is 8.42 Å². The maximum Gasteiger partial charge on any atom is 0.285 e. The molecule has 0 aliphatic carbocycles. The number of sulfonamides is 1. The van der Waals surface area contributed by atoms with Gasteiger partial charge in [0.25, 0.3) is 10.0 Å². The van der Waals surface area contributed by atoms with Gasteiger partial charge in [-0.25, -0.2) is 0 Å². The van der Waals surface area contributed by atoms with Crippen molar-refractivity contribution in [3.8, 4) is 0 Å². The topological polar surface area (TPSA) is 78.8 Å². The number of hydrogen-bond acceptors (Lipinski definition) is 4. The summed E-state index contributed by atoms with van der Waals surface area (Å²) in [7, 11) is -3.74. The fourth-order valence-corrected chi connectivity index (χ4v) is 5.14. The fourth-order valence-electron chi connectivity index (χ4n) is 3.53. The Labute approximate surface area is 165 Å². The summed E-state index contributed by atoms with van der Waals surface area (Å²) in [5.41, 5.74) is 1.23. The van der Waals surface area contributed by atoms with Gasteiger partial charge in [0.15, 0.2) is 0 Å². The van der Waals surface area contributed by atoms with E-state index < -0.39 is 10.0 Å². The van der Waals surface area contributed by atoms with Crippen LogP contribution >= 0.6 is 11.6 Å². The van der Waals surface area contributed by atoms with E-state index in [2.05, 4.69) is 9.71 Å². The summed E-state index contributed by atoms with van der Waals surface area (Å²) >= 11 is 5.91. The number of piperidine rings is 1. The Balaban J connectivity index is 1.76. The molecule has 1 amide bonds. The average Bonchev–Trinajstić information content (AvgIpc) is 2.90. The molecule has 0 saturated carbocycles. The quantitative estimate of drug-likeness (QED) is 0.828. The minimum Gasteiger partial charge on any atom is -0.356 e. The van der Waals surface area contributed by atoms with Crippen molar-refractivity contribution < 1.29 is 13.2 Å². The first-order chi connectivity index (χ1) is 12.8. The van der Waals surface area contributed by atoms with Crippen molar-refractivity contribution in [3.05, 3.63) is 40.4 Å². The van der Waals surface area contributed by atoms with Gasteiger partial charge in [-0.3, -0.25) is 4.79 Å². The number of nitrogens with one attached hydrogen (secondary N) is 1. The molecule has 1 aromatic rings. The molecular weight excluding hydrogens is 386 g/mol. The highest BCUT2D eigenvalue weighted by Crippen LogP contribution is 2.35. The Morgan fingerprint density at radius 2 is 1.89 bits per heavy atom. The molecule has 6 nitrogen and oxygen atoms in total. The predicted octanol–water partition coefficient (Wildman–Crippen LogP) is 3.05. The number of likely N-dealkylation sites (tertiary alicyclic amines) is 1. The van der Waals surface area contributed by atoms with Crippen LogP contribution < -0.4 is 5.32 Å². The van der Waals surface area contributed by atoms with Crippen molar-refractivity contribution in [2.24, 2.45) is 10.3 Å². The number of carbonyl (C=O) groups is 1. The SMILES string of the molecule is CCCNC(=O)C1CCN(C2=NS(=O)(=O)C(c3ccc(Cl)cc3)=C2C)CC1. The van der Waals surface area contributed by atoms with E-state index in [1.54, 1.807) is 31.2 Å². The molecular formula is C19H24ClN3O3S. The highest BCUT2D eigenvalue weighted by Gasteiger charge is 2.35. The first-order valence-electron chi connectivity index (χ1n) is 9.18. The average molecular weight is 410 g/mol. The van der Waals surface area contributed by atoms with Crippen LogP contribution in [0.4, 0.5) is 0 Å². The summed E-state index contributed by atoms with van der Waals surface area (Å²) < 4.78 is 29.3. The largest absolute Gasteiger partial charge is 0.356 e. The van der Waals surface area contributed by atoms with Crippen LogP contribution in [-0.4, -0.2) is 44.7 Å². The maximum atomic E-state index is 12.6. The monoisotopic (exact) mass is 409 g/mol. The van der Waals surface area contributed by atoms with E-state index in [1.165, 1.54) is 0 Å². The van der Waals surface area contributed by atoms with Crippen LogP contribution in [0.3, 0.4) is 0 Å². The summed E-state index contributed by atoms with van der Waals surface area (Å²) in [6.45, 7) is 5.73. The Morgan fingerprint density at radius 1 is 1.26 bits per heavy atom. The summed E-state index contributed by atoms with van der Waals surface area (Å²) in [6.07, 6.45) is 2.30. The lowest BCUT2D eigenvalue weighted by atomic mass is 9.95. The normalized spacial score (nSPS) is 20.0. The van der Waals surface area contributed by atoms with Crippen molar-refractivity contribution >= 4 is 38.3 Å². The summed E-state index contributed by atoms with van der Waals surface area (Å²) in [5, 5.41) is 3.49. The van der Waals surface area contributed by atoms with Crippen LogP contribution in [0.2, 0.25) is 5.02 Å².